The van der Waals surface area contributed by atoms with E-state index in [2.05, 4.69) is 32.0 Å². The van der Waals surface area contributed by atoms with Gasteiger partial charge >= 0.3 is 0 Å². The van der Waals surface area contributed by atoms with Gasteiger partial charge in [0.05, 0.1) is 22.8 Å². The Kier molecular flexibility index (Phi) is 3.44. The average Bonchev–Trinajstić information content (AvgIpc) is 2.45. The van der Waals surface area contributed by atoms with Crippen LogP contribution in [0.25, 0.3) is 22.2 Å². The Balaban J connectivity index is 2.32. The highest BCUT2D eigenvalue weighted by Crippen LogP contribution is 2.30. The Bertz CT molecular complexity index is 889. The minimum atomic E-state index is 0.661. The summed E-state index contributed by atoms with van der Waals surface area (Å²) in [7, 11) is 0. The molecule has 0 aliphatic heterocycles. The van der Waals surface area contributed by atoms with E-state index in [1.165, 1.54) is 0 Å². The smallest absolute Gasteiger partial charge is 0.126 e. The molecule has 102 valence electrons. The van der Waals surface area contributed by atoms with E-state index >= 15 is 0 Å². The molecule has 0 amide bonds. The van der Waals surface area contributed by atoms with Crippen LogP contribution in [0.3, 0.4) is 0 Å². The summed E-state index contributed by atoms with van der Waals surface area (Å²) < 4.78 is 0.996. The molecule has 3 nitrogen and oxygen atoms in total. The number of halogens is 1. The molecule has 2 aromatic carbocycles. The molecule has 3 rings (SSSR count). The quantitative estimate of drug-likeness (QED) is 0.654. The van der Waals surface area contributed by atoms with Crippen molar-refractivity contribution in [3.05, 3.63) is 57.8 Å². The van der Waals surface area contributed by atoms with Crippen LogP contribution in [0.4, 0.5) is 0 Å². The van der Waals surface area contributed by atoms with Crippen molar-refractivity contribution in [3.8, 4) is 17.3 Å². The van der Waals surface area contributed by atoms with Crippen LogP contribution in [0.2, 0.25) is 0 Å². The molecule has 0 fully saturated rings. The summed E-state index contributed by atoms with van der Waals surface area (Å²) in [6.07, 6.45) is 0. The van der Waals surface area contributed by atoms with E-state index in [-0.39, 0.29) is 0 Å². The molecule has 0 aliphatic carbocycles. The number of benzene rings is 2. The van der Waals surface area contributed by atoms with Crippen LogP contribution in [-0.4, -0.2) is 9.97 Å². The lowest BCUT2D eigenvalue weighted by atomic mass is 10.00. The van der Waals surface area contributed by atoms with E-state index < -0.39 is 0 Å². The van der Waals surface area contributed by atoms with Gasteiger partial charge in [0.1, 0.15) is 5.82 Å². The van der Waals surface area contributed by atoms with Crippen LogP contribution in [0.5, 0.6) is 0 Å². The lowest BCUT2D eigenvalue weighted by molar-refractivity contribution is 1.09. The maximum absolute atomic E-state index is 8.99. The number of nitrogens with zero attached hydrogens (tertiary/aromatic N) is 3. The standard InChI is InChI=1S/C17H12BrN3/c1-10-7-12(9-19)3-5-14(10)17-15-6-4-13(18)8-16(15)20-11(2)21-17/h3-8H,1-2H3. The molecule has 0 bridgehead atoms. The highest BCUT2D eigenvalue weighted by molar-refractivity contribution is 9.10. The van der Waals surface area contributed by atoms with Gasteiger partial charge in [0.15, 0.2) is 0 Å². The molecule has 0 atom stereocenters. The van der Waals surface area contributed by atoms with E-state index in [9.17, 15) is 0 Å². The minimum Gasteiger partial charge on any atom is -0.233 e. The summed E-state index contributed by atoms with van der Waals surface area (Å²) >= 11 is 3.47. The summed E-state index contributed by atoms with van der Waals surface area (Å²) in [5, 5.41) is 10.00. The van der Waals surface area contributed by atoms with Gasteiger partial charge in [-0.1, -0.05) is 22.0 Å². The van der Waals surface area contributed by atoms with Crippen molar-refractivity contribution < 1.29 is 0 Å². The highest BCUT2D eigenvalue weighted by Gasteiger charge is 2.11. The third-order valence-corrected chi connectivity index (χ3v) is 3.87. The van der Waals surface area contributed by atoms with E-state index in [0.29, 0.717) is 5.56 Å². The Labute approximate surface area is 131 Å². The second-order valence-corrected chi connectivity index (χ2v) is 5.84. The fraction of sp³-hybridized carbons (Fsp3) is 0.118. The third-order valence-electron chi connectivity index (χ3n) is 3.38. The van der Waals surface area contributed by atoms with Gasteiger partial charge in [0.25, 0.3) is 0 Å². The molecule has 0 saturated heterocycles. The van der Waals surface area contributed by atoms with Crippen molar-refractivity contribution in [3.63, 3.8) is 0 Å². The number of rotatable bonds is 1. The zero-order valence-electron chi connectivity index (χ0n) is 11.7. The van der Waals surface area contributed by atoms with Crippen molar-refractivity contribution in [1.29, 1.82) is 5.26 Å². The predicted molar refractivity (Wildman–Crippen MR) is 86.9 cm³/mol. The molecule has 1 aromatic heterocycles. The van der Waals surface area contributed by atoms with Gasteiger partial charge in [0.2, 0.25) is 0 Å². The monoisotopic (exact) mass is 337 g/mol. The van der Waals surface area contributed by atoms with Gasteiger partial charge in [-0.15, -0.1) is 0 Å². The second kappa shape index (κ2) is 5.27. The summed E-state index contributed by atoms with van der Waals surface area (Å²) in [4.78, 5) is 9.10. The number of aromatic nitrogens is 2. The largest absolute Gasteiger partial charge is 0.233 e. The highest BCUT2D eigenvalue weighted by atomic mass is 79.9. The Hall–Kier alpha value is -2.25. The molecular formula is C17H12BrN3. The maximum Gasteiger partial charge on any atom is 0.126 e. The lowest BCUT2D eigenvalue weighted by Crippen LogP contribution is -1.96. The molecule has 3 aromatic rings. The first-order chi connectivity index (χ1) is 10.1. The normalized spacial score (nSPS) is 10.6. The molecule has 1 heterocycles. The van der Waals surface area contributed by atoms with Crippen molar-refractivity contribution in [2.75, 3.05) is 0 Å². The summed E-state index contributed by atoms with van der Waals surface area (Å²) in [5.41, 5.74) is 4.56. The van der Waals surface area contributed by atoms with Crippen molar-refractivity contribution in [1.82, 2.24) is 9.97 Å². The molecule has 0 N–H and O–H groups in total. The van der Waals surface area contributed by atoms with Crippen LogP contribution in [0.15, 0.2) is 40.9 Å². The summed E-state index contributed by atoms with van der Waals surface area (Å²) in [6, 6.07) is 13.8. The zero-order chi connectivity index (χ0) is 15.0. The molecule has 0 unspecified atom stereocenters. The maximum atomic E-state index is 8.99. The molecule has 21 heavy (non-hydrogen) atoms. The second-order valence-electron chi connectivity index (χ2n) is 4.92. The van der Waals surface area contributed by atoms with E-state index in [0.717, 1.165) is 38.0 Å². The number of hydrogen-bond donors (Lipinski definition) is 0. The van der Waals surface area contributed by atoms with Gasteiger partial charge in [0, 0.05) is 15.4 Å². The predicted octanol–water partition coefficient (Wildman–Crippen LogP) is 4.55. The Morgan fingerprint density at radius 2 is 1.86 bits per heavy atom. The van der Waals surface area contributed by atoms with Crippen LogP contribution in [0, 0.1) is 25.2 Å². The van der Waals surface area contributed by atoms with Crippen molar-refractivity contribution >= 4 is 26.8 Å². The van der Waals surface area contributed by atoms with E-state index in [4.69, 9.17) is 5.26 Å². The van der Waals surface area contributed by atoms with Gasteiger partial charge < -0.3 is 0 Å². The van der Waals surface area contributed by atoms with Crippen LogP contribution in [-0.2, 0) is 0 Å². The van der Waals surface area contributed by atoms with Gasteiger partial charge in [-0.2, -0.15) is 5.26 Å². The number of hydrogen-bond acceptors (Lipinski definition) is 3. The molecule has 0 radical (unpaired) electrons. The molecule has 0 spiro atoms. The molecular weight excluding hydrogens is 326 g/mol. The first-order valence-electron chi connectivity index (χ1n) is 6.53. The first-order valence-corrected chi connectivity index (χ1v) is 7.33. The first kappa shape index (κ1) is 13.7. The van der Waals surface area contributed by atoms with E-state index in [1.54, 1.807) is 0 Å². The van der Waals surface area contributed by atoms with Crippen LogP contribution < -0.4 is 0 Å². The fourth-order valence-corrected chi connectivity index (χ4v) is 2.77. The zero-order valence-corrected chi connectivity index (χ0v) is 13.3. The third kappa shape index (κ3) is 2.53. The topological polar surface area (TPSA) is 49.6 Å². The number of aryl methyl sites for hydroxylation is 2. The minimum absolute atomic E-state index is 0.661. The summed E-state index contributed by atoms with van der Waals surface area (Å²) in [6.45, 7) is 3.89. The molecule has 0 saturated carbocycles. The van der Waals surface area contributed by atoms with Gasteiger partial charge in [-0.3, -0.25) is 0 Å². The SMILES string of the molecule is Cc1nc(-c2ccc(C#N)cc2C)c2ccc(Br)cc2n1. The molecule has 0 aliphatic rings. The molecule has 4 heteroatoms. The van der Waals surface area contributed by atoms with Gasteiger partial charge in [-0.05, 0) is 49.7 Å². The van der Waals surface area contributed by atoms with Crippen LogP contribution >= 0.6 is 15.9 Å². The fourth-order valence-electron chi connectivity index (χ4n) is 2.42. The lowest BCUT2D eigenvalue weighted by Gasteiger charge is -2.10. The number of nitriles is 1. The Morgan fingerprint density at radius 3 is 2.57 bits per heavy atom. The Morgan fingerprint density at radius 1 is 1.05 bits per heavy atom. The van der Waals surface area contributed by atoms with Crippen LogP contribution in [0.1, 0.15) is 17.0 Å². The average molecular weight is 338 g/mol. The number of fused-ring (bicyclic) bond motifs is 1. The van der Waals surface area contributed by atoms with Crippen molar-refractivity contribution in [2.24, 2.45) is 0 Å². The summed E-state index contributed by atoms with van der Waals surface area (Å²) in [5.74, 6) is 0.736. The van der Waals surface area contributed by atoms with E-state index in [1.807, 2.05) is 50.2 Å². The van der Waals surface area contributed by atoms with Gasteiger partial charge in [-0.25, -0.2) is 9.97 Å². The van der Waals surface area contributed by atoms with Crippen molar-refractivity contribution in [2.45, 2.75) is 13.8 Å².